The fourth-order valence-electron chi connectivity index (χ4n) is 3.76. The summed E-state index contributed by atoms with van der Waals surface area (Å²) in [6.45, 7) is 0. The molecule has 0 unspecified atom stereocenters. The average molecular weight is 374 g/mol. The van der Waals surface area contributed by atoms with Crippen LogP contribution in [0.2, 0.25) is 0 Å². The molecule has 0 aromatic heterocycles. The van der Waals surface area contributed by atoms with Gasteiger partial charge in [0.05, 0.1) is 15.7 Å². The van der Waals surface area contributed by atoms with Gasteiger partial charge >= 0.3 is 5.97 Å². The molecule has 1 atom stereocenters. The van der Waals surface area contributed by atoms with Crippen LogP contribution in [0.15, 0.2) is 29.2 Å². The van der Waals surface area contributed by atoms with Gasteiger partial charge in [-0.25, -0.2) is 13.2 Å². The van der Waals surface area contributed by atoms with Crippen molar-refractivity contribution >= 4 is 27.2 Å². The van der Waals surface area contributed by atoms with Crippen LogP contribution < -0.4 is 0 Å². The van der Waals surface area contributed by atoms with Crippen LogP contribution in [0.5, 0.6) is 0 Å². The molecule has 5 nitrogen and oxygen atoms in total. The second-order valence-corrected chi connectivity index (χ2v) is 9.89. The summed E-state index contributed by atoms with van der Waals surface area (Å²) in [5.74, 6) is -0.709. The van der Waals surface area contributed by atoms with E-state index in [4.69, 9.17) is 0 Å². The van der Waals surface area contributed by atoms with Gasteiger partial charge in [0.2, 0.25) is 0 Å². The van der Waals surface area contributed by atoms with E-state index in [2.05, 4.69) is 0 Å². The first kappa shape index (κ1) is 17.5. The van der Waals surface area contributed by atoms with Crippen molar-refractivity contribution in [2.24, 2.45) is 5.92 Å². The van der Waals surface area contributed by atoms with Gasteiger partial charge in [-0.15, -0.1) is 0 Å². The second kappa shape index (κ2) is 6.34. The Hall–Kier alpha value is -1.95. The molecule has 0 saturated heterocycles. The number of ketones is 1. The molecule has 6 heteroatoms. The Labute approximate surface area is 153 Å². The fourth-order valence-corrected chi connectivity index (χ4v) is 5.69. The van der Waals surface area contributed by atoms with Gasteiger partial charge in [-0.2, -0.15) is 0 Å². The van der Waals surface area contributed by atoms with Gasteiger partial charge in [-0.1, -0.05) is 12.1 Å². The Bertz CT molecular complexity index is 904. The molecule has 0 heterocycles. The van der Waals surface area contributed by atoms with E-state index in [-0.39, 0.29) is 28.4 Å². The zero-order valence-electron chi connectivity index (χ0n) is 14.5. The second-order valence-electron chi connectivity index (χ2n) is 7.70. The molecular weight excluding hydrogens is 352 g/mol. The minimum atomic E-state index is -3.31. The SMILES string of the molecule is O=C1CC[C@H](C=C(C(=O)O)c2ccc(S(=O)(=O)C3CC3)c(C3CC3)c2)C1. The summed E-state index contributed by atoms with van der Waals surface area (Å²) in [6.07, 6.45) is 6.56. The minimum Gasteiger partial charge on any atom is -0.478 e. The van der Waals surface area contributed by atoms with E-state index >= 15 is 0 Å². The smallest absolute Gasteiger partial charge is 0.335 e. The molecule has 3 aliphatic carbocycles. The molecule has 0 spiro atoms. The summed E-state index contributed by atoms with van der Waals surface area (Å²) >= 11 is 0. The van der Waals surface area contributed by atoms with Crippen LogP contribution in [0, 0.1) is 5.92 Å². The molecule has 138 valence electrons. The van der Waals surface area contributed by atoms with Gasteiger partial charge in [0.25, 0.3) is 0 Å². The largest absolute Gasteiger partial charge is 0.478 e. The molecule has 26 heavy (non-hydrogen) atoms. The number of benzene rings is 1. The average Bonchev–Trinajstić information content (AvgIpc) is 3.49. The number of rotatable bonds is 6. The number of sulfone groups is 1. The number of aliphatic carboxylic acids is 1. The van der Waals surface area contributed by atoms with Crippen LogP contribution in [0.3, 0.4) is 0 Å². The first-order valence-electron chi connectivity index (χ1n) is 9.21. The number of carboxylic acids is 1. The molecule has 0 bridgehead atoms. The zero-order chi connectivity index (χ0) is 18.5. The van der Waals surface area contributed by atoms with E-state index in [1.165, 1.54) is 0 Å². The van der Waals surface area contributed by atoms with E-state index < -0.39 is 15.8 Å². The molecule has 3 aliphatic rings. The molecule has 1 N–H and O–H groups in total. The van der Waals surface area contributed by atoms with Crippen molar-refractivity contribution in [1.29, 1.82) is 0 Å². The number of allylic oxidation sites excluding steroid dienone is 1. The highest BCUT2D eigenvalue weighted by Crippen LogP contribution is 2.46. The maximum absolute atomic E-state index is 12.7. The fraction of sp³-hybridized carbons (Fsp3) is 0.500. The lowest BCUT2D eigenvalue weighted by Crippen LogP contribution is -2.11. The highest BCUT2D eigenvalue weighted by Gasteiger charge is 2.40. The Morgan fingerprint density at radius 2 is 1.85 bits per heavy atom. The number of Topliss-reactive ketones (excluding diaryl/α,β-unsaturated/α-hetero) is 1. The van der Waals surface area contributed by atoms with Gasteiger partial charge < -0.3 is 5.11 Å². The normalized spacial score (nSPS) is 24.1. The molecule has 1 aromatic rings. The minimum absolute atomic E-state index is 0.0483. The van der Waals surface area contributed by atoms with Gasteiger partial charge in [-0.3, -0.25) is 4.79 Å². The quantitative estimate of drug-likeness (QED) is 0.772. The molecule has 3 fully saturated rings. The van der Waals surface area contributed by atoms with Crippen LogP contribution in [-0.4, -0.2) is 30.5 Å². The Kier molecular flexibility index (Phi) is 4.26. The van der Waals surface area contributed by atoms with E-state index in [1.54, 1.807) is 24.3 Å². The third-order valence-corrected chi connectivity index (χ3v) is 7.86. The lowest BCUT2D eigenvalue weighted by molar-refractivity contribution is -0.130. The third-order valence-electron chi connectivity index (χ3n) is 5.52. The van der Waals surface area contributed by atoms with Crippen molar-refractivity contribution in [3.8, 4) is 0 Å². The van der Waals surface area contributed by atoms with Gasteiger partial charge in [-0.05, 0) is 67.2 Å². The molecule has 0 aliphatic heterocycles. The van der Waals surface area contributed by atoms with Gasteiger partial charge in [0.1, 0.15) is 5.78 Å². The van der Waals surface area contributed by atoms with Crippen LogP contribution in [0.25, 0.3) is 5.57 Å². The number of carbonyl (C=O) groups is 2. The lowest BCUT2D eigenvalue weighted by atomic mass is 9.96. The molecule has 4 rings (SSSR count). The van der Waals surface area contributed by atoms with Crippen LogP contribution >= 0.6 is 0 Å². The maximum atomic E-state index is 12.7. The van der Waals surface area contributed by atoms with E-state index in [0.29, 0.717) is 42.6 Å². The lowest BCUT2D eigenvalue weighted by Gasteiger charge is -2.13. The number of hydrogen-bond donors (Lipinski definition) is 1. The summed E-state index contributed by atoms with van der Waals surface area (Å²) in [5.41, 5.74) is 1.47. The van der Waals surface area contributed by atoms with Crippen molar-refractivity contribution in [1.82, 2.24) is 0 Å². The maximum Gasteiger partial charge on any atom is 0.335 e. The van der Waals surface area contributed by atoms with Crippen molar-refractivity contribution in [2.75, 3.05) is 0 Å². The summed E-state index contributed by atoms with van der Waals surface area (Å²) in [5, 5.41) is 9.38. The monoisotopic (exact) mass is 374 g/mol. The first-order chi connectivity index (χ1) is 12.4. The molecular formula is C20H22O5S. The Morgan fingerprint density at radius 1 is 1.12 bits per heavy atom. The molecule has 0 radical (unpaired) electrons. The standard InChI is InChI=1S/C20H22O5S/c21-15-5-1-12(9-15)10-18(20(22)23)14-4-8-19(17(11-14)13-2-3-13)26(24,25)16-6-7-16/h4,8,10-13,16H,1-3,5-7,9H2,(H,22,23)/t12-/m0/s1. The van der Waals surface area contributed by atoms with E-state index in [9.17, 15) is 23.1 Å². The summed E-state index contributed by atoms with van der Waals surface area (Å²) in [6, 6.07) is 4.95. The number of carboxylic acid groups (broad SMARTS) is 1. The third kappa shape index (κ3) is 3.34. The van der Waals surface area contributed by atoms with Gasteiger partial charge in [0, 0.05) is 12.8 Å². The summed E-state index contributed by atoms with van der Waals surface area (Å²) < 4.78 is 25.4. The summed E-state index contributed by atoms with van der Waals surface area (Å²) in [4.78, 5) is 23.7. The first-order valence-corrected chi connectivity index (χ1v) is 10.8. The van der Waals surface area contributed by atoms with Gasteiger partial charge in [0.15, 0.2) is 9.84 Å². The predicted molar refractivity (Wildman–Crippen MR) is 96.6 cm³/mol. The summed E-state index contributed by atoms with van der Waals surface area (Å²) in [7, 11) is -3.31. The van der Waals surface area contributed by atoms with Crippen molar-refractivity contribution in [2.45, 2.75) is 61.0 Å². The predicted octanol–water partition coefficient (Wildman–Crippen LogP) is 3.34. The topological polar surface area (TPSA) is 88.5 Å². The van der Waals surface area contributed by atoms with Crippen molar-refractivity contribution in [3.05, 3.63) is 35.4 Å². The zero-order valence-corrected chi connectivity index (χ0v) is 15.3. The van der Waals surface area contributed by atoms with Crippen LogP contribution in [0.4, 0.5) is 0 Å². The van der Waals surface area contributed by atoms with E-state index in [1.807, 2.05) is 0 Å². The van der Waals surface area contributed by atoms with E-state index in [0.717, 1.165) is 18.4 Å². The molecule has 0 amide bonds. The Balaban J connectivity index is 1.74. The number of carbonyl (C=O) groups excluding carboxylic acids is 1. The molecule has 1 aromatic carbocycles. The van der Waals surface area contributed by atoms with Crippen LogP contribution in [0.1, 0.15) is 62.0 Å². The highest BCUT2D eigenvalue weighted by atomic mass is 32.2. The Morgan fingerprint density at radius 3 is 2.38 bits per heavy atom. The van der Waals surface area contributed by atoms with Crippen molar-refractivity contribution in [3.63, 3.8) is 0 Å². The highest BCUT2D eigenvalue weighted by molar-refractivity contribution is 7.92. The van der Waals surface area contributed by atoms with Crippen LogP contribution in [-0.2, 0) is 19.4 Å². The van der Waals surface area contributed by atoms with Crippen molar-refractivity contribution < 1.29 is 23.1 Å². The number of hydrogen-bond acceptors (Lipinski definition) is 4. The molecule has 3 saturated carbocycles.